The number of methoxy groups -OCH3 is 1. The molecule has 0 aromatic heterocycles. The minimum atomic E-state index is 0.782. The van der Waals surface area contributed by atoms with Gasteiger partial charge < -0.3 is 14.8 Å². The van der Waals surface area contributed by atoms with Gasteiger partial charge in [-0.3, -0.25) is 0 Å². The van der Waals surface area contributed by atoms with E-state index < -0.39 is 0 Å². The summed E-state index contributed by atoms with van der Waals surface area (Å²) >= 11 is 0. The normalized spacial score (nSPS) is 14.9. The number of ether oxygens (including phenoxy) is 2. The van der Waals surface area contributed by atoms with Crippen molar-refractivity contribution in [1.29, 1.82) is 0 Å². The Morgan fingerprint density at radius 2 is 2.19 bits per heavy atom. The van der Waals surface area contributed by atoms with Crippen LogP contribution in [0.25, 0.3) is 0 Å². The molecule has 1 aromatic carbocycles. The van der Waals surface area contributed by atoms with E-state index in [1.54, 1.807) is 7.11 Å². The molecule has 3 nitrogen and oxygen atoms in total. The van der Waals surface area contributed by atoms with E-state index >= 15 is 0 Å². The van der Waals surface area contributed by atoms with Crippen molar-refractivity contribution in [3.05, 3.63) is 23.8 Å². The SMILES string of the molecule is CNCc1cc(OC)ccc1OCC1CC1. The van der Waals surface area contributed by atoms with Gasteiger partial charge in [-0.05, 0) is 44.0 Å². The number of rotatable bonds is 6. The summed E-state index contributed by atoms with van der Waals surface area (Å²) in [4.78, 5) is 0. The molecule has 88 valence electrons. The lowest BCUT2D eigenvalue weighted by Gasteiger charge is -2.12. The number of hydrogen-bond donors (Lipinski definition) is 1. The van der Waals surface area contributed by atoms with Crippen LogP contribution in [0, 0.1) is 5.92 Å². The summed E-state index contributed by atoms with van der Waals surface area (Å²) in [5, 5.41) is 3.14. The third-order valence-electron chi connectivity index (χ3n) is 2.81. The predicted molar refractivity (Wildman–Crippen MR) is 64.0 cm³/mol. The Morgan fingerprint density at radius 3 is 2.81 bits per heavy atom. The lowest BCUT2D eigenvalue weighted by molar-refractivity contribution is 0.295. The zero-order chi connectivity index (χ0) is 11.4. The molecular formula is C13H19NO2. The van der Waals surface area contributed by atoms with Crippen LogP contribution in [0.2, 0.25) is 0 Å². The second-order valence-corrected chi connectivity index (χ2v) is 4.26. The molecule has 0 heterocycles. The first-order valence-electron chi connectivity index (χ1n) is 5.78. The van der Waals surface area contributed by atoms with Crippen LogP contribution in [0.3, 0.4) is 0 Å². The van der Waals surface area contributed by atoms with Crippen LogP contribution in [0.1, 0.15) is 18.4 Å². The standard InChI is InChI=1S/C13H19NO2/c1-14-8-11-7-12(15-2)5-6-13(11)16-9-10-3-4-10/h5-7,10,14H,3-4,8-9H2,1-2H3. The van der Waals surface area contributed by atoms with E-state index in [9.17, 15) is 0 Å². The highest BCUT2D eigenvalue weighted by atomic mass is 16.5. The van der Waals surface area contributed by atoms with E-state index in [4.69, 9.17) is 9.47 Å². The van der Waals surface area contributed by atoms with Gasteiger partial charge in [-0.2, -0.15) is 0 Å². The van der Waals surface area contributed by atoms with Gasteiger partial charge in [0.1, 0.15) is 11.5 Å². The molecule has 1 N–H and O–H groups in total. The van der Waals surface area contributed by atoms with Crippen LogP contribution in [-0.4, -0.2) is 20.8 Å². The van der Waals surface area contributed by atoms with Gasteiger partial charge >= 0.3 is 0 Å². The Hall–Kier alpha value is -1.22. The van der Waals surface area contributed by atoms with Crippen molar-refractivity contribution in [2.45, 2.75) is 19.4 Å². The molecule has 0 aliphatic heterocycles. The molecule has 1 saturated carbocycles. The first-order valence-corrected chi connectivity index (χ1v) is 5.78. The molecule has 0 radical (unpaired) electrons. The lowest BCUT2D eigenvalue weighted by Crippen LogP contribution is -2.09. The Labute approximate surface area is 96.8 Å². The largest absolute Gasteiger partial charge is 0.497 e. The average Bonchev–Trinajstić information content (AvgIpc) is 3.11. The highest BCUT2D eigenvalue weighted by Gasteiger charge is 2.22. The second-order valence-electron chi connectivity index (χ2n) is 4.26. The van der Waals surface area contributed by atoms with Crippen LogP contribution in [0.5, 0.6) is 11.5 Å². The summed E-state index contributed by atoms with van der Waals surface area (Å²) in [6.07, 6.45) is 2.63. The van der Waals surface area contributed by atoms with E-state index in [1.165, 1.54) is 12.8 Å². The molecule has 0 saturated heterocycles. The molecule has 0 amide bonds. The van der Waals surface area contributed by atoms with Gasteiger partial charge in [-0.25, -0.2) is 0 Å². The highest BCUT2D eigenvalue weighted by molar-refractivity contribution is 5.40. The minimum absolute atomic E-state index is 0.782. The molecule has 0 unspecified atom stereocenters. The molecule has 1 aromatic rings. The Bertz CT molecular complexity index is 348. The van der Waals surface area contributed by atoms with Crippen molar-refractivity contribution in [2.75, 3.05) is 20.8 Å². The number of nitrogens with one attached hydrogen (secondary N) is 1. The van der Waals surface area contributed by atoms with Crippen molar-refractivity contribution in [2.24, 2.45) is 5.92 Å². The highest BCUT2D eigenvalue weighted by Crippen LogP contribution is 2.31. The van der Waals surface area contributed by atoms with Crippen LogP contribution >= 0.6 is 0 Å². The van der Waals surface area contributed by atoms with Gasteiger partial charge in [-0.15, -0.1) is 0 Å². The molecule has 1 aliphatic rings. The van der Waals surface area contributed by atoms with Gasteiger partial charge in [0.2, 0.25) is 0 Å². The first-order chi connectivity index (χ1) is 7.83. The zero-order valence-electron chi connectivity index (χ0n) is 9.95. The molecule has 0 bridgehead atoms. The van der Waals surface area contributed by atoms with Gasteiger partial charge in [0.25, 0.3) is 0 Å². The summed E-state index contributed by atoms with van der Waals surface area (Å²) in [7, 11) is 3.62. The first kappa shape index (κ1) is 11.3. The maximum atomic E-state index is 5.82. The fourth-order valence-corrected chi connectivity index (χ4v) is 1.64. The maximum Gasteiger partial charge on any atom is 0.124 e. The fourth-order valence-electron chi connectivity index (χ4n) is 1.64. The van der Waals surface area contributed by atoms with Crippen molar-refractivity contribution in [1.82, 2.24) is 5.32 Å². The summed E-state index contributed by atoms with van der Waals surface area (Å²) in [5.74, 6) is 2.63. The van der Waals surface area contributed by atoms with Gasteiger partial charge in [-0.1, -0.05) is 0 Å². The van der Waals surface area contributed by atoms with Crippen LogP contribution in [0.4, 0.5) is 0 Å². The van der Waals surface area contributed by atoms with Gasteiger partial charge in [0.15, 0.2) is 0 Å². The zero-order valence-corrected chi connectivity index (χ0v) is 9.95. The van der Waals surface area contributed by atoms with E-state index in [-0.39, 0.29) is 0 Å². The van der Waals surface area contributed by atoms with Gasteiger partial charge in [0, 0.05) is 12.1 Å². The topological polar surface area (TPSA) is 30.5 Å². The molecule has 1 fully saturated rings. The van der Waals surface area contributed by atoms with Crippen molar-refractivity contribution in [3.63, 3.8) is 0 Å². The molecule has 2 rings (SSSR count). The van der Waals surface area contributed by atoms with Crippen molar-refractivity contribution in [3.8, 4) is 11.5 Å². The minimum Gasteiger partial charge on any atom is -0.497 e. The Morgan fingerprint density at radius 1 is 1.38 bits per heavy atom. The number of hydrogen-bond acceptors (Lipinski definition) is 3. The molecular weight excluding hydrogens is 202 g/mol. The summed E-state index contributed by atoms with van der Waals surface area (Å²) in [6, 6.07) is 5.97. The maximum absolute atomic E-state index is 5.82. The van der Waals surface area contributed by atoms with E-state index in [2.05, 4.69) is 5.32 Å². The van der Waals surface area contributed by atoms with Crippen LogP contribution in [-0.2, 0) is 6.54 Å². The summed E-state index contributed by atoms with van der Waals surface area (Å²) in [5.41, 5.74) is 1.16. The molecule has 1 aliphatic carbocycles. The molecule has 3 heteroatoms. The van der Waals surface area contributed by atoms with E-state index in [0.29, 0.717) is 0 Å². The van der Waals surface area contributed by atoms with E-state index in [0.717, 1.165) is 36.1 Å². The second kappa shape index (κ2) is 5.21. The molecule has 16 heavy (non-hydrogen) atoms. The van der Waals surface area contributed by atoms with Gasteiger partial charge in [0.05, 0.1) is 13.7 Å². The predicted octanol–water partition coefficient (Wildman–Crippen LogP) is 2.20. The van der Waals surface area contributed by atoms with Crippen molar-refractivity contribution >= 4 is 0 Å². The third-order valence-corrected chi connectivity index (χ3v) is 2.81. The summed E-state index contributed by atoms with van der Waals surface area (Å²) < 4.78 is 11.0. The quantitative estimate of drug-likeness (QED) is 0.799. The van der Waals surface area contributed by atoms with Crippen LogP contribution in [0.15, 0.2) is 18.2 Å². The fraction of sp³-hybridized carbons (Fsp3) is 0.538. The van der Waals surface area contributed by atoms with Crippen LogP contribution < -0.4 is 14.8 Å². The molecule has 0 spiro atoms. The average molecular weight is 221 g/mol. The lowest BCUT2D eigenvalue weighted by atomic mass is 10.2. The molecule has 0 atom stereocenters. The third kappa shape index (κ3) is 2.89. The Kier molecular flexibility index (Phi) is 3.67. The smallest absolute Gasteiger partial charge is 0.124 e. The van der Waals surface area contributed by atoms with E-state index in [1.807, 2.05) is 25.2 Å². The number of benzene rings is 1. The summed E-state index contributed by atoms with van der Waals surface area (Å²) in [6.45, 7) is 1.65. The van der Waals surface area contributed by atoms with Crippen molar-refractivity contribution < 1.29 is 9.47 Å². The Balaban J connectivity index is 2.06. The monoisotopic (exact) mass is 221 g/mol.